The van der Waals surface area contributed by atoms with Crippen LogP contribution in [0.4, 0.5) is 0 Å². The van der Waals surface area contributed by atoms with Crippen LogP contribution in [-0.2, 0) is 4.79 Å². The molecular weight excluding hydrogens is 332 g/mol. The van der Waals surface area contributed by atoms with Gasteiger partial charge in [0.05, 0.1) is 5.56 Å². The Hall–Kier alpha value is -2.77. The van der Waals surface area contributed by atoms with Crippen LogP contribution >= 0.6 is 0 Å². The number of nitrogens with zero attached hydrogens (tertiary/aromatic N) is 5. The maximum Gasteiger partial charge on any atom is 0.253 e. The fraction of sp³-hybridized carbons (Fsp3) is 0.500. The van der Waals surface area contributed by atoms with Crippen LogP contribution in [0.25, 0.3) is 5.82 Å². The molecule has 1 saturated carbocycles. The molecule has 2 fully saturated rings. The Kier molecular flexibility index (Phi) is 4.18. The molecule has 26 heavy (non-hydrogen) atoms. The lowest BCUT2D eigenvalue weighted by Gasteiger charge is -2.33. The van der Waals surface area contributed by atoms with Crippen molar-refractivity contribution in [3.05, 3.63) is 36.5 Å². The van der Waals surface area contributed by atoms with E-state index in [9.17, 15) is 9.59 Å². The van der Waals surface area contributed by atoms with Gasteiger partial charge in [0.25, 0.3) is 5.91 Å². The van der Waals surface area contributed by atoms with Gasteiger partial charge in [-0.25, -0.2) is 14.6 Å². The average Bonchev–Trinajstić information content (AvgIpc) is 3.20. The minimum Gasteiger partial charge on any atom is -0.341 e. The Morgan fingerprint density at radius 3 is 2.54 bits per heavy atom. The molecule has 4 rings (SSSR count). The largest absolute Gasteiger partial charge is 0.341 e. The first-order chi connectivity index (χ1) is 12.6. The van der Waals surface area contributed by atoms with Crippen LogP contribution in [0, 0.1) is 5.41 Å². The van der Waals surface area contributed by atoms with Crippen molar-refractivity contribution in [2.75, 3.05) is 13.1 Å². The smallest absolute Gasteiger partial charge is 0.253 e. The highest BCUT2D eigenvalue weighted by Gasteiger charge is 2.45. The number of pyridine rings is 1. The molecule has 8 heteroatoms. The van der Waals surface area contributed by atoms with Crippen LogP contribution in [0.2, 0.25) is 0 Å². The van der Waals surface area contributed by atoms with Gasteiger partial charge in [-0.3, -0.25) is 9.59 Å². The van der Waals surface area contributed by atoms with Crippen LogP contribution < -0.4 is 5.32 Å². The van der Waals surface area contributed by atoms with Crippen LogP contribution in [-0.4, -0.2) is 55.6 Å². The number of aromatic nitrogens is 4. The van der Waals surface area contributed by atoms with Gasteiger partial charge in [0.2, 0.25) is 5.91 Å². The zero-order valence-electron chi connectivity index (χ0n) is 14.8. The summed E-state index contributed by atoms with van der Waals surface area (Å²) in [5, 5.41) is 6.77. The Bertz CT molecular complexity index is 788. The Morgan fingerprint density at radius 2 is 1.96 bits per heavy atom. The quantitative estimate of drug-likeness (QED) is 0.890. The summed E-state index contributed by atoms with van der Waals surface area (Å²) in [5.74, 6) is 0.255. The number of nitrogens with one attached hydrogen (secondary N) is 1. The maximum absolute atomic E-state index is 12.6. The molecule has 3 heterocycles. The Morgan fingerprint density at radius 1 is 1.19 bits per heavy atom. The molecule has 2 aromatic rings. The standard InChI is InChI=1S/C18H22N6O2/c1-13(17(26)23-8-6-18(4-5-18)7-9-23)22-16(25)14-2-3-15(20-10-14)24-12-19-11-21-24/h2-3,10-13H,4-9H2,1H3,(H,22,25)/t13-/m1/s1. The molecule has 0 unspecified atom stereocenters. The monoisotopic (exact) mass is 354 g/mol. The van der Waals surface area contributed by atoms with Crippen LogP contribution in [0.3, 0.4) is 0 Å². The number of piperidine rings is 1. The van der Waals surface area contributed by atoms with Gasteiger partial charge in [0.15, 0.2) is 5.82 Å². The highest BCUT2D eigenvalue weighted by atomic mass is 16.2. The van der Waals surface area contributed by atoms with E-state index in [0.717, 1.165) is 25.9 Å². The van der Waals surface area contributed by atoms with Gasteiger partial charge in [0.1, 0.15) is 18.7 Å². The minimum absolute atomic E-state index is 0.0129. The van der Waals surface area contributed by atoms with Crippen molar-refractivity contribution in [1.29, 1.82) is 0 Å². The van der Waals surface area contributed by atoms with Gasteiger partial charge in [-0.05, 0) is 50.2 Å². The molecule has 1 N–H and O–H groups in total. The molecule has 2 aromatic heterocycles. The Balaban J connectivity index is 1.34. The molecule has 1 spiro atoms. The third kappa shape index (κ3) is 3.31. The van der Waals surface area contributed by atoms with E-state index in [4.69, 9.17) is 0 Å². The molecule has 0 bridgehead atoms. The number of amides is 2. The van der Waals surface area contributed by atoms with Crippen molar-refractivity contribution in [2.45, 2.75) is 38.6 Å². The van der Waals surface area contributed by atoms with E-state index < -0.39 is 6.04 Å². The summed E-state index contributed by atoms with van der Waals surface area (Å²) >= 11 is 0. The first-order valence-corrected chi connectivity index (χ1v) is 8.97. The normalized spacial score (nSPS) is 19.2. The number of hydrogen-bond donors (Lipinski definition) is 1. The van der Waals surface area contributed by atoms with Gasteiger partial charge in [-0.1, -0.05) is 0 Å². The zero-order chi connectivity index (χ0) is 18.1. The van der Waals surface area contributed by atoms with Crippen molar-refractivity contribution in [2.24, 2.45) is 5.41 Å². The second-order valence-corrected chi connectivity index (χ2v) is 7.27. The summed E-state index contributed by atoms with van der Waals surface area (Å²) in [6.07, 6.45) is 9.22. The molecule has 8 nitrogen and oxygen atoms in total. The van der Waals surface area contributed by atoms with Crippen molar-refractivity contribution in [3.8, 4) is 5.82 Å². The van der Waals surface area contributed by atoms with Gasteiger partial charge in [0, 0.05) is 19.3 Å². The summed E-state index contributed by atoms with van der Waals surface area (Å²) in [4.78, 5) is 34.9. The fourth-order valence-electron chi connectivity index (χ4n) is 3.48. The third-order valence-corrected chi connectivity index (χ3v) is 5.47. The first kappa shape index (κ1) is 16.7. The average molecular weight is 354 g/mol. The zero-order valence-corrected chi connectivity index (χ0v) is 14.8. The lowest BCUT2D eigenvalue weighted by molar-refractivity contribution is -0.134. The molecule has 136 valence electrons. The molecule has 1 saturated heterocycles. The lowest BCUT2D eigenvalue weighted by Crippen LogP contribution is -2.49. The van der Waals surface area contributed by atoms with E-state index in [1.165, 1.54) is 36.4 Å². The van der Waals surface area contributed by atoms with E-state index in [1.54, 1.807) is 19.1 Å². The molecule has 2 aliphatic rings. The highest BCUT2D eigenvalue weighted by Crippen LogP contribution is 2.53. The topological polar surface area (TPSA) is 93.0 Å². The predicted molar refractivity (Wildman–Crippen MR) is 93.6 cm³/mol. The number of likely N-dealkylation sites (tertiary alicyclic amines) is 1. The third-order valence-electron chi connectivity index (χ3n) is 5.47. The summed E-state index contributed by atoms with van der Waals surface area (Å²) in [6.45, 7) is 3.33. The van der Waals surface area contributed by atoms with Gasteiger partial charge in [-0.2, -0.15) is 5.10 Å². The second-order valence-electron chi connectivity index (χ2n) is 7.27. The van der Waals surface area contributed by atoms with Crippen molar-refractivity contribution in [1.82, 2.24) is 30.0 Å². The number of hydrogen-bond acceptors (Lipinski definition) is 5. The summed E-state index contributed by atoms with van der Waals surface area (Å²) < 4.78 is 1.51. The van der Waals surface area contributed by atoms with E-state index in [1.807, 2.05) is 4.90 Å². The summed E-state index contributed by atoms with van der Waals surface area (Å²) in [5.41, 5.74) is 0.935. The van der Waals surface area contributed by atoms with Crippen molar-refractivity contribution >= 4 is 11.8 Å². The van der Waals surface area contributed by atoms with Gasteiger partial charge < -0.3 is 10.2 Å². The molecule has 2 amide bonds. The lowest BCUT2D eigenvalue weighted by atomic mass is 9.93. The van der Waals surface area contributed by atoms with Gasteiger partial charge >= 0.3 is 0 Å². The second kappa shape index (κ2) is 6.51. The molecular formula is C18H22N6O2. The highest BCUT2D eigenvalue weighted by molar-refractivity contribution is 5.97. The molecule has 1 aliphatic carbocycles. The minimum atomic E-state index is -0.550. The molecule has 1 atom stereocenters. The molecule has 0 radical (unpaired) electrons. The molecule has 1 aliphatic heterocycles. The number of rotatable bonds is 4. The van der Waals surface area contributed by atoms with Crippen molar-refractivity contribution in [3.63, 3.8) is 0 Å². The predicted octanol–water partition coefficient (Wildman–Crippen LogP) is 1.18. The van der Waals surface area contributed by atoms with E-state index in [2.05, 4.69) is 20.4 Å². The maximum atomic E-state index is 12.6. The summed E-state index contributed by atoms with van der Waals surface area (Å²) in [7, 11) is 0. The van der Waals surface area contributed by atoms with E-state index >= 15 is 0 Å². The SMILES string of the molecule is C[C@@H](NC(=O)c1ccc(-n2cncn2)nc1)C(=O)N1CCC2(CC1)CC2. The van der Waals surface area contributed by atoms with Crippen LogP contribution in [0.15, 0.2) is 31.0 Å². The fourth-order valence-corrected chi connectivity index (χ4v) is 3.48. The van der Waals surface area contributed by atoms with Crippen LogP contribution in [0.1, 0.15) is 43.0 Å². The van der Waals surface area contributed by atoms with Crippen molar-refractivity contribution < 1.29 is 9.59 Å². The van der Waals surface area contributed by atoms with E-state index in [0.29, 0.717) is 16.8 Å². The van der Waals surface area contributed by atoms with E-state index in [-0.39, 0.29) is 11.8 Å². The number of carbonyl (C=O) groups is 2. The van der Waals surface area contributed by atoms with Gasteiger partial charge in [-0.15, -0.1) is 0 Å². The number of carbonyl (C=O) groups excluding carboxylic acids is 2. The van der Waals surface area contributed by atoms with Crippen LogP contribution in [0.5, 0.6) is 0 Å². The Labute approximate surface area is 151 Å². The first-order valence-electron chi connectivity index (χ1n) is 8.97. The molecule has 0 aromatic carbocycles. The summed E-state index contributed by atoms with van der Waals surface area (Å²) in [6, 6.07) is 2.80.